The SMILES string of the molecule is CC1CCCc2cc(C(=O)NCc3cccc(-n4cc(CN)nn4)c3)nn21.Cl. The van der Waals surface area contributed by atoms with Crippen molar-refractivity contribution in [1.29, 1.82) is 0 Å². The lowest BCUT2D eigenvalue weighted by molar-refractivity contribution is 0.0944. The average molecular weight is 402 g/mol. The smallest absolute Gasteiger partial charge is 0.272 e. The van der Waals surface area contributed by atoms with Gasteiger partial charge in [0.2, 0.25) is 0 Å². The molecule has 1 aliphatic rings. The van der Waals surface area contributed by atoms with Gasteiger partial charge in [0.25, 0.3) is 5.91 Å². The molecule has 1 unspecified atom stereocenters. The van der Waals surface area contributed by atoms with Crippen molar-refractivity contribution in [2.24, 2.45) is 5.73 Å². The quantitative estimate of drug-likeness (QED) is 0.681. The lowest BCUT2D eigenvalue weighted by Gasteiger charge is -2.20. The second-order valence-electron chi connectivity index (χ2n) is 6.92. The molecule has 2 aromatic heterocycles. The molecule has 4 rings (SSSR count). The van der Waals surface area contributed by atoms with Crippen molar-refractivity contribution in [2.75, 3.05) is 0 Å². The number of hydrogen-bond acceptors (Lipinski definition) is 5. The first-order valence-corrected chi connectivity index (χ1v) is 9.21. The molecule has 0 spiro atoms. The Morgan fingerprint density at radius 3 is 2.96 bits per heavy atom. The van der Waals surface area contributed by atoms with Crippen LogP contribution < -0.4 is 11.1 Å². The summed E-state index contributed by atoms with van der Waals surface area (Å²) in [5.74, 6) is -0.152. The zero-order valence-corrected chi connectivity index (χ0v) is 16.5. The molecular weight excluding hydrogens is 378 g/mol. The number of carbonyl (C=O) groups is 1. The van der Waals surface area contributed by atoms with Crippen molar-refractivity contribution in [2.45, 2.75) is 45.3 Å². The maximum Gasteiger partial charge on any atom is 0.272 e. The number of benzene rings is 1. The lowest BCUT2D eigenvalue weighted by atomic mass is 10.0. The predicted octanol–water partition coefficient (Wildman–Crippen LogP) is 2.17. The molecule has 3 heterocycles. The molecule has 0 fully saturated rings. The van der Waals surface area contributed by atoms with Gasteiger partial charge in [0, 0.05) is 24.8 Å². The van der Waals surface area contributed by atoms with Crippen LogP contribution in [0.4, 0.5) is 0 Å². The summed E-state index contributed by atoms with van der Waals surface area (Å²) in [4.78, 5) is 12.5. The molecule has 0 saturated heterocycles. The standard InChI is InChI=1S/C19H23N7O.ClH/c1-13-4-2-7-17-9-18(23-26(13)17)19(27)21-11-14-5-3-6-16(8-14)25-12-15(10-20)22-24-25;/h3,5-6,8-9,12-13H,2,4,7,10-11,20H2,1H3,(H,21,27);1H. The number of nitrogens with zero attached hydrogens (tertiary/aromatic N) is 5. The van der Waals surface area contributed by atoms with Crippen LogP contribution in [0.3, 0.4) is 0 Å². The topological polar surface area (TPSA) is 104 Å². The van der Waals surface area contributed by atoms with Gasteiger partial charge in [-0.3, -0.25) is 9.48 Å². The van der Waals surface area contributed by atoms with Crippen LogP contribution in [0.1, 0.15) is 53.2 Å². The maximum atomic E-state index is 12.5. The fraction of sp³-hybridized carbons (Fsp3) is 0.368. The van der Waals surface area contributed by atoms with E-state index in [0.29, 0.717) is 24.8 Å². The van der Waals surface area contributed by atoms with Gasteiger partial charge in [0.15, 0.2) is 0 Å². The van der Waals surface area contributed by atoms with Crippen LogP contribution in [-0.4, -0.2) is 30.7 Å². The molecular formula is C19H24ClN7O. The van der Waals surface area contributed by atoms with Crippen molar-refractivity contribution in [3.05, 3.63) is 59.2 Å². The second kappa shape index (κ2) is 8.53. The molecule has 0 aliphatic carbocycles. The number of nitrogens with two attached hydrogens (primary N) is 1. The Morgan fingerprint density at radius 2 is 2.21 bits per heavy atom. The molecule has 0 saturated carbocycles. The van der Waals surface area contributed by atoms with E-state index in [2.05, 4.69) is 27.7 Å². The number of aryl methyl sites for hydroxylation is 1. The van der Waals surface area contributed by atoms with Crippen LogP contribution in [-0.2, 0) is 19.5 Å². The first kappa shape index (κ1) is 20.0. The summed E-state index contributed by atoms with van der Waals surface area (Å²) in [5.41, 5.74) is 9.79. The summed E-state index contributed by atoms with van der Waals surface area (Å²) < 4.78 is 3.66. The van der Waals surface area contributed by atoms with Crippen LogP contribution in [0.2, 0.25) is 0 Å². The molecule has 1 aromatic carbocycles. The second-order valence-corrected chi connectivity index (χ2v) is 6.92. The minimum atomic E-state index is -0.152. The van der Waals surface area contributed by atoms with Crippen LogP contribution in [0.5, 0.6) is 0 Å². The summed E-state index contributed by atoms with van der Waals surface area (Å²) >= 11 is 0. The third-order valence-corrected chi connectivity index (χ3v) is 4.90. The first-order valence-electron chi connectivity index (χ1n) is 9.21. The summed E-state index contributed by atoms with van der Waals surface area (Å²) in [7, 11) is 0. The van der Waals surface area contributed by atoms with E-state index in [0.717, 1.165) is 41.9 Å². The molecule has 1 atom stereocenters. The molecule has 9 heteroatoms. The molecule has 0 radical (unpaired) electrons. The molecule has 0 bridgehead atoms. The number of rotatable bonds is 5. The van der Waals surface area contributed by atoms with Crippen molar-refractivity contribution in [1.82, 2.24) is 30.1 Å². The highest BCUT2D eigenvalue weighted by Gasteiger charge is 2.20. The van der Waals surface area contributed by atoms with Crippen LogP contribution in [0.15, 0.2) is 36.5 Å². The van der Waals surface area contributed by atoms with E-state index >= 15 is 0 Å². The number of nitrogens with one attached hydrogen (secondary N) is 1. The normalized spacial score (nSPS) is 15.6. The Hall–Kier alpha value is -2.71. The minimum Gasteiger partial charge on any atom is -0.347 e. The Kier molecular flexibility index (Phi) is 6.11. The van der Waals surface area contributed by atoms with E-state index in [1.54, 1.807) is 10.9 Å². The Labute approximate surface area is 169 Å². The van der Waals surface area contributed by atoms with E-state index < -0.39 is 0 Å². The summed E-state index contributed by atoms with van der Waals surface area (Å²) in [6.07, 6.45) is 5.04. The number of amides is 1. The van der Waals surface area contributed by atoms with Crippen molar-refractivity contribution in [3.8, 4) is 5.69 Å². The highest BCUT2D eigenvalue weighted by Crippen LogP contribution is 2.24. The molecule has 3 N–H and O–H groups in total. The van der Waals surface area contributed by atoms with Gasteiger partial charge in [-0.1, -0.05) is 17.3 Å². The van der Waals surface area contributed by atoms with Crippen LogP contribution >= 0.6 is 12.4 Å². The number of halogens is 1. The van der Waals surface area contributed by atoms with Crippen LogP contribution in [0, 0.1) is 0 Å². The molecule has 148 valence electrons. The Balaban J connectivity index is 0.00000225. The lowest BCUT2D eigenvalue weighted by Crippen LogP contribution is -2.24. The summed E-state index contributed by atoms with van der Waals surface area (Å²) in [5, 5.41) is 15.5. The highest BCUT2D eigenvalue weighted by molar-refractivity contribution is 5.92. The number of fused-ring (bicyclic) bond motifs is 1. The van der Waals surface area contributed by atoms with Gasteiger partial charge in [0.05, 0.1) is 17.6 Å². The van der Waals surface area contributed by atoms with E-state index in [1.165, 1.54) is 0 Å². The Bertz CT molecular complexity index is 965. The third-order valence-electron chi connectivity index (χ3n) is 4.90. The molecule has 3 aromatic rings. The molecule has 8 nitrogen and oxygen atoms in total. The number of hydrogen-bond donors (Lipinski definition) is 2. The maximum absolute atomic E-state index is 12.5. The summed E-state index contributed by atoms with van der Waals surface area (Å²) in [6, 6.07) is 10.1. The van der Waals surface area contributed by atoms with E-state index in [1.807, 2.05) is 35.0 Å². The monoisotopic (exact) mass is 401 g/mol. The van der Waals surface area contributed by atoms with Crippen LogP contribution in [0.25, 0.3) is 5.69 Å². The molecule has 1 amide bonds. The van der Waals surface area contributed by atoms with E-state index in [-0.39, 0.29) is 18.3 Å². The fourth-order valence-electron chi connectivity index (χ4n) is 3.41. The van der Waals surface area contributed by atoms with E-state index in [4.69, 9.17) is 5.73 Å². The van der Waals surface area contributed by atoms with E-state index in [9.17, 15) is 4.79 Å². The van der Waals surface area contributed by atoms with Crippen molar-refractivity contribution >= 4 is 18.3 Å². The average Bonchev–Trinajstić information content (AvgIpc) is 3.34. The van der Waals surface area contributed by atoms with Gasteiger partial charge in [-0.15, -0.1) is 17.5 Å². The van der Waals surface area contributed by atoms with Gasteiger partial charge in [-0.2, -0.15) is 5.10 Å². The predicted molar refractivity (Wildman–Crippen MR) is 108 cm³/mol. The number of carbonyl (C=O) groups excluding carboxylic acids is 1. The number of aromatic nitrogens is 5. The van der Waals surface area contributed by atoms with Gasteiger partial charge < -0.3 is 11.1 Å². The third kappa shape index (κ3) is 4.07. The van der Waals surface area contributed by atoms with Gasteiger partial charge >= 0.3 is 0 Å². The fourth-order valence-corrected chi connectivity index (χ4v) is 3.41. The zero-order valence-electron chi connectivity index (χ0n) is 15.7. The van der Waals surface area contributed by atoms with Gasteiger partial charge in [-0.25, -0.2) is 4.68 Å². The minimum absolute atomic E-state index is 0. The van der Waals surface area contributed by atoms with Crippen molar-refractivity contribution < 1.29 is 4.79 Å². The van der Waals surface area contributed by atoms with Crippen molar-refractivity contribution in [3.63, 3.8) is 0 Å². The first-order chi connectivity index (χ1) is 13.1. The molecule has 1 aliphatic heterocycles. The van der Waals surface area contributed by atoms with Gasteiger partial charge in [-0.05, 0) is 49.9 Å². The molecule has 28 heavy (non-hydrogen) atoms. The summed E-state index contributed by atoms with van der Waals surface area (Å²) in [6.45, 7) is 2.91. The Morgan fingerprint density at radius 1 is 1.36 bits per heavy atom. The van der Waals surface area contributed by atoms with Gasteiger partial charge in [0.1, 0.15) is 5.69 Å². The largest absolute Gasteiger partial charge is 0.347 e. The zero-order chi connectivity index (χ0) is 18.8. The highest BCUT2D eigenvalue weighted by atomic mass is 35.5.